The van der Waals surface area contributed by atoms with Crippen LogP contribution in [0.4, 0.5) is 23.2 Å². The van der Waals surface area contributed by atoms with Crippen molar-refractivity contribution in [2.45, 2.75) is 24.9 Å². The van der Waals surface area contributed by atoms with Crippen molar-refractivity contribution in [3.8, 4) is 5.69 Å². The minimum Gasteiger partial charge on any atom is -0.320 e. The Morgan fingerprint density at radius 3 is 2.39 bits per heavy atom. The average molecular weight is 484 g/mol. The molecule has 0 atom stereocenters. The molecule has 0 aliphatic rings. The molecule has 176 valence electrons. The van der Waals surface area contributed by atoms with Gasteiger partial charge in [0, 0.05) is 25.5 Å². The van der Waals surface area contributed by atoms with Crippen LogP contribution in [0.25, 0.3) is 5.69 Å². The van der Waals surface area contributed by atoms with E-state index >= 15 is 0 Å². The van der Waals surface area contributed by atoms with Gasteiger partial charge in [0.2, 0.25) is 10.0 Å². The number of anilines is 1. The second kappa shape index (κ2) is 9.32. The van der Waals surface area contributed by atoms with Gasteiger partial charge in [0.1, 0.15) is 5.82 Å². The molecule has 0 fully saturated rings. The SMILES string of the molecule is CCN(CC)S(=O)(=O)c1ccc(F)c(C(=O)Nc2cc(C(F)(F)F)ccc2-n2cccn2)c1. The first-order valence-electron chi connectivity index (χ1n) is 9.81. The number of rotatable bonds is 7. The maximum atomic E-state index is 14.5. The van der Waals surface area contributed by atoms with Crippen molar-refractivity contribution in [1.82, 2.24) is 14.1 Å². The van der Waals surface area contributed by atoms with Crippen LogP contribution in [0.5, 0.6) is 0 Å². The summed E-state index contributed by atoms with van der Waals surface area (Å²) in [5.41, 5.74) is -1.84. The van der Waals surface area contributed by atoms with E-state index in [1.54, 1.807) is 13.8 Å². The predicted molar refractivity (Wildman–Crippen MR) is 113 cm³/mol. The minimum absolute atomic E-state index is 0.105. The minimum atomic E-state index is -4.69. The van der Waals surface area contributed by atoms with E-state index in [9.17, 15) is 30.8 Å². The van der Waals surface area contributed by atoms with E-state index in [4.69, 9.17) is 0 Å². The number of hydrogen-bond acceptors (Lipinski definition) is 4. The fourth-order valence-corrected chi connectivity index (χ4v) is 4.65. The van der Waals surface area contributed by atoms with Gasteiger partial charge in [-0.15, -0.1) is 0 Å². The second-order valence-corrected chi connectivity index (χ2v) is 8.80. The molecule has 12 heteroatoms. The lowest BCUT2D eigenvalue weighted by atomic mass is 10.1. The van der Waals surface area contributed by atoms with Gasteiger partial charge in [0.25, 0.3) is 5.91 Å². The molecule has 0 saturated carbocycles. The standard InChI is InChI=1S/C21H20F4N4O3S/c1-3-28(4-2)33(31,32)15-7-8-17(22)16(13-15)20(30)27-18-12-14(21(23,24)25)6-9-19(18)29-11-5-10-26-29/h5-13H,3-4H2,1-2H3,(H,27,30). The van der Waals surface area contributed by atoms with E-state index < -0.39 is 39.1 Å². The molecule has 1 amide bonds. The van der Waals surface area contributed by atoms with Crippen LogP contribution >= 0.6 is 0 Å². The van der Waals surface area contributed by atoms with E-state index in [1.165, 1.54) is 23.1 Å². The Kier molecular flexibility index (Phi) is 6.89. The highest BCUT2D eigenvalue weighted by atomic mass is 32.2. The molecule has 0 radical (unpaired) electrons. The lowest BCUT2D eigenvalue weighted by Gasteiger charge is -2.19. The number of benzene rings is 2. The number of carbonyl (C=O) groups is 1. The van der Waals surface area contributed by atoms with Gasteiger partial charge >= 0.3 is 6.18 Å². The van der Waals surface area contributed by atoms with Crippen LogP contribution in [0.3, 0.4) is 0 Å². The van der Waals surface area contributed by atoms with E-state index in [-0.39, 0.29) is 29.4 Å². The summed E-state index contributed by atoms with van der Waals surface area (Å²) in [7, 11) is -3.99. The highest BCUT2D eigenvalue weighted by molar-refractivity contribution is 7.89. The maximum Gasteiger partial charge on any atom is 0.416 e. The third-order valence-corrected chi connectivity index (χ3v) is 6.89. The predicted octanol–water partition coefficient (Wildman–Crippen LogP) is 4.31. The maximum absolute atomic E-state index is 14.5. The molecule has 0 bridgehead atoms. The zero-order chi connectivity index (χ0) is 24.4. The summed E-state index contributed by atoms with van der Waals surface area (Å²) in [5.74, 6) is -2.14. The molecular weight excluding hydrogens is 464 g/mol. The number of aromatic nitrogens is 2. The largest absolute Gasteiger partial charge is 0.416 e. The first-order chi connectivity index (χ1) is 15.5. The van der Waals surface area contributed by atoms with Gasteiger partial charge in [0.05, 0.1) is 27.4 Å². The normalized spacial score (nSPS) is 12.2. The number of nitrogens with one attached hydrogen (secondary N) is 1. The van der Waals surface area contributed by atoms with Crippen molar-refractivity contribution >= 4 is 21.6 Å². The number of hydrogen-bond donors (Lipinski definition) is 1. The number of carbonyl (C=O) groups excluding carboxylic acids is 1. The molecule has 0 unspecified atom stereocenters. The van der Waals surface area contributed by atoms with Crippen LogP contribution < -0.4 is 5.32 Å². The zero-order valence-electron chi connectivity index (χ0n) is 17.6. The monoisotopic (exact) mass is 484 g/mol. The second-order valence-electron chi connectivity index (χ2n) is 6.87. The van der Waals surface area contributed by atoms with Crippen LogP contribution in [0.1, 0.15) is 29.8 Å². The molecule has 2 aromatic carbocycles. The van der Waals surface area contributed by atoms with Crippen LogP contribution in [-0.4, -0.2) is 41.5 Å². The van der Waals surface area contributed by atoms with E-state index in [2.05, 4.69) is 10.4 Å². The van der Waals surface area contributed by atoms with Crippen LogP contribution in [0.15, 0.2) is 59.8 Å². The lowest BCUT2D eigenvalue weighted by Crippen LogP contribution is -2.31. The summed E-state index contributed by atoms with van der Waals surface area (Å²) < 4.78 is 82.0. The van der Waals surface area contributed by atoms with Gasteiger partial charge in [-0.25, -0.2) is 17.5 Å². The molecule has 3 aromatic rings. The quantitative estimate of drug-likeness (QED) is 0.507. The van der Waals surface area contributed by atoms with Gasteiger partial charge in [-0.1, -0.05) is 13.8 Å². The number of alkyl halides is 3. The summed E-state index contributed by atoms with van der Waals surface area (Å²) in [5, 5.41) is 6.20. The zero-order valence-corrected chi connectivity index (χ0v) is 18.4. The fourth-order valence-electron chi connectivity index (χ4n) is 3.16. The van der Waals surface area contributed by atoms with Gasteiger partial charge in [-0.2, -0.15) is 22.6 Å². The number of amides is 1. The van der Waals surface area contributed by atoms with Gasteiger partial charge in [0.15, 0.2) is 0 Å². The Balaban J connectivity index is 2.04. The van der Waals surface area contributed by atoms with Crippen molar-refractivity contribution in [1.29, 1.82) is 0 Å². The number of sulfonamides is 1. The lowest BCUT2D eigenvalue weighted by molar-refractivity contribution is -0.137. The summed E-state index contributed by atoms with van der Waals surface area (Å²) in [6.45, 7) is 3.58. The van der Waals surface area contributed by atoms with Crippen molar-refractivity contribution in [3.63, 3.8) is 0 Å². The van der Waals surface area contributed by atoms with Crippen molar-refractivity contribution in [2.24, 2.45) is 0 Å². The van der Waals surface area contributed by atoms with Crippen molar-refractivity contribution in [3.05, 3.63) is 71.8 Å². The molecule has 1 aromatic heterocycles. The van der Waals surface area contributed by atoms with Crippen LogP contribution in [0, 0.1) is 5.82 Å². The van der Waals surface area contributed by atoms with E-state index in [1.807, 2.05) is 0 Å². The molecule has 33 heavy (non-hydrogen) atoms. The summed E-state index contributed by atoms with van der Waals surface area (Å²) >= 11 is 0. The molecule has 0 aliphatic carbocycles. The fraction of sp³-hybridized carbons (Fsp3) is 0.238. The molecule has 1 heterocycles. The number of halogens is 4. The molecule has 0 spiro atoms. The molecule has 7 nitrogen and oxygen atoms in total. The van der Waals surface area contributed by atoms with Crippen molar-refractivity contribution in [2.75, 3.05) is 18.4 Å². The van der Waals surface area contributed by atoms with E-state index in [0.29, 0.717) is 6.07 Å². The average Bonchev–Trinajstić information content (AvgIpc) is 3.28. The summed E-state index contributed by atoms with van der Waals surface area (Å²) in [4.78, 5) is 12.5. The molecule has 0 aliphatic heterocycles. The Morgan fingerprint density at radius 1 is 1.12 bits per heavy atom. The van der Waals surface area contributed by atoms with E-state index in [0.717, 1.165) is 34.6 Å². The summed E-state index contributed by atoms with van der Waals surface area (Å²) in [6.07, 6.45) is -1.84. The highest BCUT2D eigenvalue weighted by Crippen LogP contribution is 2.33. The van der Waals surface area contributed by atoms with Gasteiger partial charge in [-0.3, -0.25) is 4.79 Å². The third kappa shape index (κ3) is 5.06. The van der Waals surface area contributed by atoms with Gasteiger partial charge in [-0.05, 0) is 42.5 Å². The van der Waals surface area contributed by atoms with Gasteiger partial charge < -0.3 is 5.32 Å². The third-order valence-electron chi connectivity index (χ3n) is 4.85. The molecule has 0 saturated heterocycles. The van der Waals surface area contributed by atoms with Crippen LogP contribution in [-0.2, 0) is 16.2 Å². The molecular formula is C21H20F4N4O3S. The van der Waals surface area contributed by atoms with Crippen LogP contribution in [0.2, 0.25) is 0 Å². The smallest absolute Gasteiger partial charge is 0.320 e. The Bertz CT molecular complexity index is 1260. The molecule has 3 rings (SSSR count). The topological polar surface area (TPSA) is 84.3 Å². The summed E-state index contributed by atoms with van der Waals surface area (Å²) in [6, 6.07) is 6.88. The number of nitrogens with zero attached hydrogens (tertiary/aromatic N) is 3. The first-order valence-corrected chi connectivity index (χ1v) is 11.2. The Hall–Kier alpha value is -3.25. The first kappa shape index (κ1) is 24.4. The Labute approximate surface area is 187 Å². The van der Waals surface area contributed by atoms with Crippen molar-refractivity contribution < 1.29 is 30.8 Å². The molecule has 1 N–H and O–H groups in total. The Morgan fingerprint density at radius 2 is 1.82 bits per heavy atom. The highest BCUT2D eigenvalue weighted by Gasteiger charge is 2.32.